The fraction of sp³-hybridized carbons (Fsp3) is 0. The van der Waals surface area contributed by atoms with Crippen LogP contribution in [0.15, 0.2) is 245 Å². The highest BCUT2D eigenvalue weighted by atomic mass is 16.3. The minimum Gasteiger partial charge on any atom is -0.455 e. The van der Waals surface area contributed by atoms with Gasteiger partial charge in [0.25, 0.3) is 0 Å². The second-order valence-corrected chi connectivity index (χ2v) is 16.8. The molecule has 11 aromatic carbocycles. The van der Waals surface area contributed by atoms with Gasteiger partial charge in [-0.1, -0.05) is 182 Å². The van der Waals surface area contributed by atoms with Gasteiger partial charge in [-0.05, 0) is 104 Å². The number of hydrogen-bond donors (Lipinski definition) is 0. The highest BCUT2D eigenvalue weighted by molar-refractivity contribution is 6.17. The van der Waals surface area contributed by atoms with Crippen molar-refractivity contribution in [2.75, 3.05) is 4.90 Å². The van der Waals surface area contributed by atoms with E-state index in [0.717, 1.165) is 105 Å². The van der Waals surface area contributed by atoms with Gasteiger partial charge in [0.15, 0.2) is 0 Å². The summed E-state index contributed by atoms with van der Waals surface area (Å²) in [6, 6.07) is 84.5. The second-order valence-electron chi connectivity index (χ2n) is 16.8. The number of benzene rings is 11. The van der Waals surface area contributed by atoms with Crippen LogP contribution >= 0.6 is 0 Å². The predicted octanol–water partition coefficient (Wildman–Crippen LogP) is 17.9. The van der Waals surface area contributed by atoms with Crippen molar-refractivity contribution in [2.45, 2.75) is 0 Å². The molecule has 13 rings (SSSR count). The summed E-state index contributed by atoms with van der Waals surface area (Å²) in [6.07, 6.45) is 0. The summed E-state index contributed by atoms with van der Waals surface area (Å²) in [5.41, 5.74) is 15.8. The smallest absolute Gasteiger partial charge is 0.143 e. The van der Waals surface area contributed by atoms with Crippen LogP contribution in [0.2, 0.25) is 0 Å². The van der Waals surface area contributed by atoms with Gasteiger partial charge in [0, 0.05) is 49.4 Å². The van der Waals surface area contributed by atoms with Crippen molar-refractivity contribution >= 4 is 82.5 Å². The maximum Gasteiger partial charge on any atom is 0.143 e. The first-order chi connectivity index (χ1) is 32.2. The van der Waals surface area contributed by atoms with E-state index in [-0.39, 0.29) is 0 Å². The SMILES string of the molecule is c1ccc(-c2cccc3c2oc2cc(-c4ccc(N(c5ccc(-c6ccc(-c7ccccc7)c7oc8ccccc8c67)cc5)c5cccc6c5ccc5ccccc56)cc4)ccc23)cc1. The Hall–Kier alpha value is -8.66. The Morgan fingerprint density at radius 1 is 0.277 bits per heavy atom. The van der Waals surface area contributed by atoms with E-state index in [4.69, 9.17) is 8.83 Å². The van der Waals surface area contributed by atoms with Crippen LogP contribution in [0.1, 0.15) is 0 Å². The quantitative estimate of drug-likeness (QED) is 0.150. The summed E-state index contributed by atoms with van der Waals surface area (Å²) < 4.78 is 13.3. The third kappa shape index (κ3) is 6.12. The van der Waals surface area contributed by atoms with Gasteiger partial charge in [0.2, 0.25) is 0 Å². The molecule has 13 aromatic rings. The van der Waals surface area contributed by atoms with Crippen LogP contribution in [0.25, 0.3) is 110 Å². The monoisotopic (exact) mass is 829 g/mol. The molecular weight excluding hydrogens is 791 g/mol. The molecule has 0 fully saturated rings. The molecule has 0 aliphatic heterocycles. The minimum absolute atomic E-state index is 0.880. The third-order valence-corrected chi connectivity index (χ3v) is 13.1. The van der Waals surface area contributed by atoms with Gasteiger partial charge in [-0.2, -0.15) is 0 Å². The largest absolute Gasteiger partial charge is 0.455 e. The summed E-state index contributed by atoms with van der Waals surface area (Å²) in [5, 5.41) is 9.36. The maximum atomic E-state index is 6.64. The van der Waals surface area contributed by atoms with Crippen molar-refractivity contribution < 1.29 is 8.83 Å². The average Bonchev–Trinajstić information content (AvgIpc) is 3.96. The molecule has 304 valence electrons. The van der Waals surface area contributed by atoms with E-state index in [2.05, 4.69) is 229 Å². The summed E-state index contributed by atoms with van der Waals surface area (Å²) >= 11 is 0. The number of hydrogen-bond acceptors (Lipinski definition) is 3. The summed E-state index contributed by atoms with van der Waals surface area (Å²) in [5.74, 6) is 0. The Morgan fingerprint density at radius 2 is 0.831 bits per heavy atom. The molecule has 0 saturated carbocycles. The Bertz CT molecular complexity index is 3920. The predicted molar refractivity (Wildman–Crippen MR) is 272 cm³/mol. The van der Waals surface area contributed by atoms with Crippen molar-refractivity contribution in [3.63, 3.8) is 0 Å². The van der Waals surface area contributed by atoms with Crippen LogP contribution in [-0.4, -0.2) is 0 Å². The van der Waals surface area contributed by atoms with Gasteiger partial charge >= 0.3 is 0 Å². The van der Waals surface area contributed by atoms with Gasteiger partial charge in [0.1, 0.15) is 22.3 Å². The fourth-order valence-corrected chi connectivity index (χ4v) is 9.98. The molecule has 0 bridgehead atoms. The van der Waals surface area contributed by atoms with E-state index in [1.165, 1.54) is 21.5 Å². The zero-order valence-corrected chi connectivity index (χ0v) is 35.3. The molecule has 0 spiro atoms. The molecular formula is C62H39NO2. The number of para-hydroxylation sites is 2. The molecule has 0 atom stereocenters. The number of rotatable bonds is 7. The fourth-order valence-electron chi connectivity index (χ4n) is 9.98. The van der Waals surface area contributed by atoms with Crippen LogP contribution in [0, 0.1) is 0 Å². The summed E-state index contributed by atoms with van der Waals surface area (Å²) in [4.78, 5) is 2.39. The number of anilines is 3. The number of furan rings is 2. The zero-order chi connectivity index (χ0) is 42.8. The minimum atomic E-state index is 0.880. The van der Waals surface area contributed by atoms with Gasteiger partial charge in [-0.15, -0.1) is 0 Å². The molecule has 0 aliphatic rings. The van der Waals surface area contributed by atoms with E-state index in [1.807, 2.05) is 12.1 Å². The summed E-state index contributed by atoms with van der Waals surface area (Å²) in [6.45, 7) is 0. The molecule has 0 aliphatic carbocycles. The molecule has 0 unspecified atom stereocenters. The molecule has 0 saturated heterocycles. The molecule has 0 radical (unpaired) electrons. The Balaban J connectivity index is 0.926. The number of nitrogens with zero attached hydrogens (tertiary/aromatic N) is 1. The van der Waals surface area contributed by atoms with Crippen LogP contribution < -0.4 is 4.90 Å². The van der Waals surface area contributed by atoms with Crippen molar-refractivity contribution in [1.29, 1.82) is 0 Å². The van der Waals surface area contributed by atoms with E-state index in [1.54, 1.807) is 0 Å². The van der Waals surface area contributed by atoms with Gasteiger partial charge in [-0.25, -0.2) is 0 Å². The Kier molecular flexibility index (Phi) is 8.53. The Morgan fingerprint density at radius 3 is 1.60 bits per heavy atom. The number of fused-ring (bicyclic) bond motifs is 9. The Labute approximate surface area is 375 Å². The first-order valence-corrected chi connectivity index (χ1v) is 22.2. The van der Waals surface area contributed by atoms with E-state index in [9.17, 15) is 0 Å². The highest BCUT2D eigenvalue weighted by Gasteiger charge is 2.20. The lowest BCUT2D eigenvalue weighted by molar-refractivity contribution is 0.669. The van der Waals surface area contributed by atoms with Crippen molar-refractivity contribution in [2.24, 2.45) is 0 Å². The van der Waals surface area contributed by atoms with E-state index in [0.29, 0.717) is 0 Å². The van der Waals surface area contributed by atoms with Crippen LogP contribution in [0.4, 0.5) is 17.1 Å². The highest BCUT2D eigenvalue weighted by Crippen LogP contribution is 2.45. The van der Waals surface area contributed by atoms with Crippen molar-refractivity contribution in [3.05, 3.63) is 237 Å². The lowest BCUT2D eigenvalue weighted by atomic mass is 9.94. The lowest BCUT2D eigenvalue weighted by Crippen LogP contribution is -2.10. The molecule has 65 heavy (non-hydrogen) atoms. The van der Waals surface area contributed by atoms with Crippen LogP contribution in [-0.2, 0) is 0 Å². The standard InChI is InChI=1S/C62H39NO2/c1-3-13-41(14-4-1)50-20-11-22-55-54-36-30-45(39-59(54)65-61(50)55)40-25-31-46(32-26-40)63(57-23-12-21-52-48-18-8-7-17-43(48)29-35-53(52)57)47-33-27-44(28-34-47)49-37-38-51(42-15-5-2-6-16-42)62-60(49)56-19-9-10-24-58(56)64-62/h1-39H. The zero-order valence-electron chi connectivity index (χ0n) is 35.3. The molecule has 3 heteroatoms. The van der Waals surface area contributed by atoms with Crippen molar-refractivity contribution in [1.82, 2.24) is 0 Å². The van der Waals surface area contributed by atoms with Crippen LogP contribution in [0.5, 0.6) is 0 Å². The molecule has 0 amide bonds. The molecule has 3 nitrogen and oxygen atoms in total. The van der Waals surface area contributed by atoms with Crippen molar-refractivity contribution in [3.8, 4) is 44.5 Å². The topological polar surface area (TPSA) is 29.5 Å². The first-order valence-electron chi connectivity index (χ1n) is 22.2. The third-order valence-electron chi connectivity index (χ3n) is 13.1. The molecule has 2 heterocycles. The van der Waals surface area contributed by atoms with Crippen LogP contribution in [0.3, 0.4) is 0 Å². The first kappa shape index (κ1) is 36.9. The van der Waals surface area contributed by atoms with E-state index < -0.39 is 0 Å². The van der Waals surface area contributed by atoms with Gasteiger partial charge in [0.05, 0.1) is 5.69 Å². The lowest BCUT2D eigenvalue weighted by Gasteiger charge is -2.27. The second kappa shape index (κ2) is 15.0. The van der Waals surface area contributed by atoms with E-state index >= 15 is 0 Å². The maximum absolute atomic E-state index is 6.64. The van der Waals surface area contributed by atoms with Gasteiger partial charge < -0.3 is 13.7 Å². The van der Waals surface area contributed by atoms with Gasteiger partial charge in [-0.3, -0.25) is 0 Å². The molecule has 2 aromatic heterocycles. The summed E-state index contributed by atoms with van der Waals surface area (Å²) in [7, 11) is 0. The molecule has 0 N–H and O–H groups in total. The normalized spacial score (nSPS) is 11.7. The average molecular weight is 830 g/mol.